The highest BCUT2D eigenvalue weighted by atomic mass is 79.9. The molecule has 1 saturated heterocycles. The predicted octanol–water partition coefficient (Wildman–Crippen LogP) is 2.08. The molecule has 20 heavy (non-hydrogen) atoms. The molecule has 7 heteroatoms. The van der Waals surface area contributed by atoms with Crippen LogP contribution >= 0.6 is 15.9 Å². The normalized spacial score (nSPS) is 18.1. The molecule has 2 rings (SSSR count). The Bertz CT molecular complexity index is 549. The van der Waals surface area contributed by atoms with Crippen LogP contribution in [-0.4, -0.2) is 32.4 Å². The van der Waals surface area contributed by atoms with Crippen molar-refractivity contribution in [1.82, 2.24) is 4.31 Å². The van der Waals surface area contributed by atoms with Gasteiger partial charge in [-0.3, -0.25) is 4.72 Å². The third-order valence-electron chi connectivity index (χ3n) is 3.54. The predicted molar refractivity (Wildman–Crippen MR) is 84.8 cm³/mol. The van der Waals surface area contributed by atoms with E-state index in [1.807, 2.05) is 19.1 Å². The second-order valence-electron chi connectivity index (χ2n) is 5.20. The van der Waals surface area contributed by atoms with Crippen LogP contribution in [0, 0.1) is 12.8 Å². The first kappa shape index (κ1) is 15.8. The topological polar surface area (TPSA) is 75.4 Å². The molecule has 0 saturated carbocycles. The van der Waals surface area contributed by atoms with Gasteiger partial charge in [0.1, 0.15) is 0 Å². The zero-order valence-electron chi connectivity index (χ0n) is 11.5. The second kappa shape index (κ2) is 6.43. The Morgan fingerprint density at radius 3 is 2.55 bits per heavy atom. The molecule has 1 aliphatic rings. The van der Waals surface area contributed by atoms with Crippen LogP contribution < -0.4 is 10.5 Å². The van der Waals surface area contributed by atoms with Crippen molar-refractivity contribution < 1.29 is 8.42 Å². The molecule has 1 aliphatic heterocycles. The number of aryl methyl sites for hydroxylation is 1. The highest BCUT2D eigenvalue weighted by molar-refractivity contribution is 9.10. The van der Waals surface area contributed by atoms with Crippen molar-refractivity contribution in [3.05, 3.63) is 28.2 Å². The number of nitrogens with one attached hydrogen (secondary N) is 1. The molecule has 0 aliphatic carbocycles. The van der Waals surface area contributed by atoms with E-state index in [-0.39, 0.29) is 0 Å². The number of anilines is 1. The van der Waals surface area contributed by atoms with Gasteiger partial charge in [0, 0.05) is 17.6 Å². The number of piperidine rings is 1. The summed E-state index contributed by atoms with van der Waals surface area (Å²) in [5.74, 6) is 0.439. The van der Waals surface area contributed by atoms with Crippen LogP contribution in [0.15, 0.2) is 22.7 Å². The Balaban J connectivity index is 2.07. The van der Waals surface area contributed by atoms with Crippen molar-refractivity contribution in [2.75, 3.05) is 24.4 Å². The molecule has 112 valence electrons. The average molecular weight is 362 g/mol. The van der Waals surface area contributed by atoms with Crippen molar-refractivity contribution in [2.45, 2.75) is 19.8 Å². The van der Waals surface area contributed by atoms with E-state index in [9.17, 15) is 8.42 Å². The van der Waals surface area contributed by atoms with E-state index in [2.05, 4.69) is 20.7 Å². The van der Waals surface area contributed by atoms with Gasteiger partial charge in [-0.05, 0) is 56.0 Å². The third-order valence-corrected chi connectivity index (χ3v) is 5.53. The van der Waals surface area contributed by atoms with Gasteiger partial charge >= 0.3 is 10.2 Å². The molecule has 0 aromatic heterocycles. The maximum absolute atomic E-state index is 12.3. The van der Waals surface area contributed by atoms with Crippen molar-refractivity contribution in [3.8, 4) is 0 Å². The zero-order valence-corrected chi connectivity index (χ0v) is 13.9. The minimum absolute atomic E-state index is 0.439. The molecule has 0 amide bonds. The number of rotatable bonds is 4. The Morgan fingerprint density at radius 2 is 2.00 bits per heavy atom. The van der Waals surface area contributed by atoms with E-state index in [0.717, 1.165) is 22.9 Å². The highest BCUT2D eigenvalue weighted by Gasteiger charge is 2.27. The monoisotopic (exact) mass is 361 g/mol. The van der Waals surface area contributed by atoms with E-state index in [0.29, 0.717) is 31.2 Å². The number of hydrogen-bond donors (Lipinski definition) is 2. The number of halogens is 1. The van der Waals surface area contributed by atoms with Crippen molar-refractivity contribution in [3.63, 3.8) is 0 Å². The van der Waals surface area contributed by atoms with Crippen LogP contribution in [-0.2, 0) is 10.2 Å². The summed E-state index contributed by atoms with van der Waals surface area (Å²) in [7, 11) is -3.48. The second-order valence-corrected chi connectivity index (χ2v) is 7.79. The standard InChI is InChI=1S/C13H20BrN3O2S/c1-10-6-12(14)8-13(7-10)16-20(18,19)17-4-2-11(9-15)3-5-17/h6-8,11,16H,2-5,9,15H2,1H3. The summed E-state index contributed by atoms with van der Waals surface area (Å²) in [4.78, 5) is 0. The lowest BCUT2D eigenvalue weighted by atomic mass is 9.99. The quantitative estimate of drug-likeness (QED) is 0.861. The minimum atomic E-state index is -3.48. The Labute approximate surface area is 128 Å². The van der Waals surface area contributed by atoms with Gasteiger partial charge in [-0.2, -0.15) is 12.7 Å². The largest absolute Gasteiger partial charge is 0.330 e. The zero-order chi connectivity index (χ0) is 14.8. The molecule has 0 unspecified atom stereocenters. The number of nitrogens with zero attached hydrogens (tertiary/aromatic N) is 1. The fourth-order valence-corrected chi connectivity index (χ4v) is 4.24. The Hall–Kier alpha value is -0.630. The fourth-order valence-electron chi connectivity index (χ4n) is 2.39. The third kappa shape index (κ3) is 3.94. The van der Waals surface area contributed by atoms with Crippen LogP contribution in [0.4, 0.5) is 5.69 Å². The van der Waals surface area contributed by atoms with Gasteiger partial charge in [-0.25, -0.2) is 0 Å². The molecule has 0 spiro atoms. The van der Waals surface area contributed by atoms with Crippen LogP contribution in [0.3, 0.4) is 0 Å². The summed E-state index contributed by atoms with van der Waals surface area (Å²) in [6.45, 7) is 3.62. The highest BCUT2D eigenvalue weighted by Crippen LogP contribution is 2.23. The van der Waals surface area contributed by atoms with Gasteiger partial charge < -0.3 is 5.73 Å². The maximum atomic E-state index is 12.3. The summed E-state index contributed by atoms with van der Waals surface area (Å²) >= 11 is 3.37. The SMILES string of the molecule is Cc1cc(Br)cc(NS(=O)(=O)N2CCC(CN)CC2)c1. The molecule has 1 fully saturated rings. The van der Waals surface area contributed by atoms with E-state index in [1.165, 1.54) is 4.31 Å². The molecular formula is C13H20BrN3O2S. The van der Waals surface area contributed by atoms with Gasteiger partial charge in [0.25, 0.3) is 0 Å². The summed E-state index contributed by atoms with van der Waals surface area (Å²) < 4.78 is 29.7. The molecule has 0 bridgehead atoms. The first-order chi connectivity index (χ1) is 9.40. The lowest BCUT2D eigenvalue weighted by Gasteiger charge is -2.30. The molecule has 0 atom stereocenters. The summed E-state index contributed by atoms with van der Waals surface area (Å²) in [6, 6.07) is 5.51. The summed E-state index contributed by atoms with van der Waals surface area (Å²) in [6.07, 6.45) is 1.66. The Kier molecular flexibility index (Phi) is 5.06. The molecule has 1 heterocycles. The first-order valence-electron chi connectivity index (χ1n) is 6.66. The molecule has 5 nitrogen and oxygen atoms in total. The Morgan fingerprint density at radius 1 is 1.35 bits per heavy atom. The van der Waals surface area contributed by atoms with E-state index in [4.69, 9.17) is 5.73 Å². The summed E-state index contributed by atoms with van der Waals surface area (Å²) in [5.41, 5.74) is 7.21. The number of nitrogens with two attached hydrogens (primary N) is 1. The van der Waals surface area contributed by atoms with E-state index in [1.54, 1.807) is 6.07 Å². The van der Waals surface area contributed by atoms with Gasteiger partial charge in [0.15, 0.2) is 0 Å². The number of hydrogen-bond acceptors (Lipinski definition) is 3. The smallest absolute Gasteiger partial charge is 0.301 e. The molecular weight excluding hydrogens is 342 g/mol. The van der Waals surface area contributed by atoms with Crippen LogP contribution in [0.25, 0.3) is 0 Å². The first-order valence-corrected chi connectivity index (χ1v) is 8.89. The molecule has 1 aromatic carbocycles. The van der Waals surface area contributed by atoms with Gasteiger partial charge in [-0.1, -0.05) is 15.9 Å². The van der Waals surface area contributed by atoms with Gasteiger partial charge in [0.2, 0.25) is 0 Å². The van der Waals surface area contributed by atoms with E-state index < -0.39 is 10.2 Å². The van der Waals surface area contributed by atoms with E-state index >= 15 is 0 Å². The maximum Gasteiger partial charge on any atom is 0.301 e. The van der Waals surface area contributed by atoms with Crippen LogP contribution in [0.5, 0.6) is 0 Å². The summed E-state index contributed by atoms with van der Waals surface area (Å²) in [5, 5.41) is 0. The van der Waals surface area contributed by atoms with Crippen molar-refractivity contribution in [2.24, 2.45) is 11.7 Å². The number of benzene rings is 1. The molecule has 0 radical (unpaired) electrons. The lowest BCUT2D eigenvalue weighted by molar-refractivity contribution is 0.280. The molecule has 1 aromatic rings. The lowest BCUT2D eigenvalue weighted by Crippen LogP contribution is -2.42. The molecule has 3 N–H and O–H groups in total. The fraction of sp³-hybridized carbons (Fsp3) is 0.538. The van der Waals surface area contributed by atoms with Crippen LogP contribution in [0.1, 0.15) is 18.4 Å². The van der Waals surface area contributed by atoms with Crippen LogP contribution in [0.2, 0.25) is 0 Å². The minimum Gasteiger partial charge on any atom is -0.330 e. The van der Waals surface area contributed by atoms with Crippen molar-refractivity contribution in [1.29, 1.82) is 0 Å². The van der Waals surface area contributed by atoms with Gasteiger partial charge in [-0.15, -0.1) is 0 Å². The van der Waals surface area contributed by atoms with Crippen molar-refractivity contribution >= 4 is 31.8 Å². The average Bonchev–Trinajstić information content (AvgIpc) is 2.37. The van der Waals surface area contributed by atoms with Gasteiger partial charge in [0.05, 0.1) is 5.69 Å².